The number of nitrogens with zero attached hydrogens (tertiary/aromatic N) is 3. The molecule has 0 aromatic heterocycles. The summed E-state index contributed by atoms with van der Waals surface area (Å²) < 4.78 is 34.1. The van der Waals surface area contributed by atoms with Gasteiger partial charge in [0, 0.05) is 32.4 Å². The van der Waals surface area contributed by atoms with Crippen LogP contribution in [0.3, 0.4) is 0 Å². The van der Waals surface area contributed by atoms with Gasteiger partial charge in [0.05, 0.1) is 30.5 Å². The normalized spacial score (nSPS) is 24.6. The lowest BCUT2D eigenvalue weighted by atomic mass is 9.92. The van der Waals surface area contributed by atoms with Crippen LogP contribution in [0.2, 0.25) is 0 Å². The van der Waals surface area contributed by atoms with Gasteiger partial charge in [0.25, 0.3) is 0 Å². The van der Waals surface area contributed by atoms with E-state index in [1.165, 1.54) is 24.0 Å². The number of anilines is 2. The van der Waals surface area contributed by atoms with Gasteiger partial charge in [-0.1, -0.05) is 0 Å². The molecule has 0 saturated carbocycles. The Hall–Kier alpha value is -2.89. The predicted octanol–water partition coefficient (Wildman–Crippen LogP) is 2.37. The zero-order chi connectivity index (χ0) is 20.3. The van der Waals surface area contributed by atoms with Crippen molar-refractivity contribution >= 4 is 23.4 Å². The molecule has 2 unspecified atom stereocenters. The van der Waals surface area contributed by atoms with Gasteiger partial charge in [0.1, 0.15) is 18.1 Å². The average molecular weight is 392 g/mol. The highest BCUT2D eigenvalue weighted by Crippen LogP contribution is 2.32. The summed E-state index contributed by atoms with van der Waals surface area (Å²) in [6.45, 7) is 2.26. The minimum Gasteiger partial charge on any atom is -0.442 e. The summed E-state index contributed by atoms with van der Waals surface area (Å²) >= 11 is 0. The second-order valence-corrected chi connectivity index (χ2v) is 7.06. The maximum atomic E-state index is 14.7. The van der Waals surface area contributed by atoms with Crippen LogP contribution in [0.25, 0.3) is 0 Å². The Morgan fingerprint density at radius 1 is 1.43 bits per heavy atom. The molecule has 0 spiro atoms. The summed E-state index contributed by atoms with van der Waals surface area (Å²) in [6, 6.07) is 6.34. The topological polar surface area (TPSA) is 85.7 Å². The van der Waals surface area contributed by atoms with Crippen LogP contribution in [-0.2, 0) is 9.53 Å². The number of nitrogens with one attached hydrogen (secondary N) is 1. The first-order valence-corrected chi connectivity index (χ1v) is 9.17. The molecule has 2 amide bonds. The number of piperidine rings is 1. The molecule has 3 rings (SSSR count). The Kier molecular flexibility index (Phi) is 5.97. The minimum atomic E-state index is -1.18. The quantitative estimate of drug-likeness (QED) is 0.832. The van der Waals surface area contributed by atoms with Gasteiger partial charge in [-0.2, -0.15) is 5.26 Å². The standard InChI is InChI=1S/C19H22F2N4O3/c1-12(26)23-9-15-10-25(19(27)28-15)14-2-3-18(16(20)8-14)24-7-5-13(4-6-22)17(21)11-24/h2-3,8,13,15,17H,4-5,7,9-11H2,1H3,(H,23,26)/t13?,15?,17-/m1/s1. The zero-order valence-electron chi connectivity index (χ0n) is 15.5. The maximum absolute atomic E-state index is 14.7. The van der Waals surface area contributed by atoms with Crippen molar-refractivity contribution < 1.29 is 23.1 Å². The van der Waals surface area contributed by atoms with Crippen molar-refractivity contribution in [1.82, 2.24) is 5.32 Å². The first kappa shape index (κ1) is 19.9. The van der Waals surface area contributed by atoms with Crippen LogP contribution in [0.5, 0.6) is 0 Å². The number of benzene rings is 1. The van der Waals surface area contributed by atoms with E-state index in [0.29, 0.717) is 18.7 Å². The van der Waals surface area contributed by atoms with Crippen LogP contribution in [0.4, 0.5) is 25.0 Å². The molecule has 2 heterocycles. The Morgan fingerprint density at radius 2 is 2.21 bits per heavy atom. The van der Waals surface area contributed by atoms with Gasteiger partial charge in [0.2, 0.25) is 5.91 Å². The van der Waals surface area contributed by atoms with Crippen molar-refractivity contribution in [3.8, 4) is 6.07 Å². The van der Waals surface area contributed by atoms with Gasteiger partial charge in [0.15, 0.2) is 0 Å². The molecular formula is C19H22F2N4O3. The van der Waals surface area contributed by atoms with Gasteiger partial charge < -0.3 is 15.0 Å². The number of hydrogen-bond acceptors (Lipinski definition) is 5. The Labute approximate surface area is 161 Å². The number of carbonyl (C=O) groups excluding carboxylic acids is 2. The third kappa shape index (κ3) is 4.32. The first-order chi connectivity index (χ1) is 13.4. The molecule has 0 radical (unpaired) electrons. The number of cyclic esters (lactones) is 1. The van der Waals surface area contributed by atoms with Crippen molar-refractivity contribution in [2.24, 2.45) is 5.92 Å². The van der Waals surface area contributed by atoms with Crippen molar-refractivity contribution in [1.29, 1.82) is 5.26 Å². The van der Waals surface area contributed by atoms with Crippen molar-refractivity contribution in [2.45, 2.75) is 32.0 Å². The van der Waals surface area contributed by atoms with E-state index in [0.717, 1.165) is 0 Å². The Bertz CT molecular complexity index is 798. The molecule has 2 fully saturated rings. The van der Waals surface area contributed by atoms with E-state index >= 15 is 0 Å². The molecule has 2 aliphatic heterocycles. The van der Waals surface area contributed by atoms with Gasteiger partial charge in [-0.25, -0.2) is 13.6 Å². The summed E-state index contributed by atoms with van der Waals surface area (Å²) in [7, 11) is 0. The van der Waals surface area contributed by atoms with E-state index in [1.54, 1.807) is 11.0 Å². The molecule has 28 heavy (non-hydrogen) atoms. The smallest absolute Gasteiger partial charge is 0.414 e. The summed E-state index contributed by atoms with van der Waals surface area (Å²) in [4.78, 5) is 26.0. The number of carbonyl (C=O) groups is 2. The molecular weight excluding hydrogens is 370 g/mol. The predicted molar refractivity (Wildman–Crippen MR) is 98.1 cm³/mol. The number of ether oxygens (including phenoxy) is 1. The lowest BCUT2D eigenvalue weighted by Crippen LogP contribution is -2.42. The fraction of sp³-hybridized carbons (Fsp3) is 0.526. The van der Waals surface area contributed by atoms with Crippen molar-refractivity contribution in [3.05, 3.63) is 24.0 Å². The summed E-state index contributed by atoms with van der Waals surface area (Å²) in [5.41, 5.74) is 0.608. The van der Waals surface area contributed by atoms with E-state index in [2.05, 4.69) is 5.32 Å². The molecule has 150 valence electrons. The van der Waals surface area contributed by atoms with Crippen LogP contribution in [0, 0.1) is 23.1 Å². The number of hydrogen-bond donors (Lipinski definition) is 1. The fourth-order valence-electron chi connectivity index (χ4n) is 3.54. The molecule has 1 N–H and O–H groups in total. The highest BCUT2D eigenvalue weighted by molar-refractivity contribution is 5.90. The van der Waals surface area contributed by atoms with Crippen LogP contribution >= 0.6 is 0 Å². The van der Waals surface area contributed by atoms with E-state index in [1.807, 2.05) is 6.07 Å². The number of halogens is 2. The number of nitriles is 1. The van der Waals surface area contributed by atoms with Crippen LogP contribution in [0.1, 0.15) is 19.8 Å². The monoisotopic (exact) mass is 392 g/mol. The lowest BCUT2D eigenvalue weighted by Gasteiger charge is -2.35. The van der Waals surface area contributed by atoms with E-state index < -0.39 is 24.2 Å². The molecule has 2 saturated heterocycles. The van der Waals surface area contributed by atoms with Crippen LogP contribution < -0.4 is 15.1 Å². The second kappa shape index (κ2) is 8.42. The van der Waals surface area contributed by atoms with E-state index in [9.17, 15) is 18.4 Å². The van der Waals surface area contributed by atoms with Crippen molar-refractivity contribution in [2.75, 3.05) is 36.0 Å². The maximum Gasteiger partial charge on any atom is 0.414 e. The van der Waals surface area contributed by atoms with Crippen LogP contribution in [-0.4, -0.2) is 50.5 Å². The number of amides is 2. The van der Waals surface area contributed by atoms with Gasteiger partial charge in [-0.3, -0.25) is 9.69 Å². The third-order valence-electron chi connectivity index (χ3n) is 5.07. The average Bonchev–Trinajstić information content (AvgIpc) is 3.02. The molecule has 2 aliphatic rings. The minimum absolute atomic E-state index is 0.0349. The second-order valence-electron chi connectivity index (χ2n) is 7.06. The third-order valence-corrected chi connectivity index (χ3v) is 5.07. The van der Waals surface area contributed by atoms with Gasteiger partial charge in [-0.15, -0.1) is 0 Å². The number of rotatable bonds is 5. The summed E-state index contributed by atoms with van der Waals surface area (Å²) in [5.74, 6) is -1.10. The zero-order valence-corrected chi connectivity index (χ0v) is 15.5. The van der Waals surface area contributed by atoms with Gasteiger partial charge in [-0.05, 0) is 24.6 Å². The van der Waals surface area contributed by atoms with Gasteiger partial charge >= 0.3 is 6.09 Å². The summed E-state index contributed by atoms with van der Waals surface area (Å²) in [6.07, 6.45) is -1.66. The SMILES string of the molecule is CC(=O)NCC1CN(c2ccc(N3CCC(CC#N)[C@H](F)C3)c(F)c2)C(=O)O1. The molecule has 0 bridgehead atoms. The fourth-order valence-corrected chi connectivity index (χ4v) is 3.54. The molecule has 0 aliphatic carbocycles. The Morgan fingerprint density at radius 3 is 2.86 bits per heavy atom. The van der Waals surface area contributed by atoms with Crippen LogP contribution in [0.15, 0.2) is 18.2 Å². The largest absolute Gasteiger partial charge is 0.442 e. The highest BCUT2D eigenvalue weighted by atomic mass is 19.1. The summed E-state index contributed by atoms with van der Waals surface area (Å²) in [5, 5.41) is 11.3. The molecule has 1 aromatic carbocycles. The molecule has 1 aromatic rings. The van der Waals surface area contributed by atoms with Crippen molar-refractivity contribution in [3.63, 3.8) is 0 Å². The van der Waals surface area contributed by atoms with E-state index in [4.69, 9.17) is 10.00 Å². The lowest BCUT2D eigenvalue weighted by molar-refractivity contribution is -0.119. The highest BCUT2D eigenvalue weighted by Gasteiger charge is 2.34. The molecule has 9 heteroatoms. The molecule has 3 atom stereocenters. The number of alkyl halides is 1. The molecule has 7 nitrogen and oxygen atoms in total. The Balaban J connectivity index is 1.67. The first-order valence-electron chi connectivity index (χ1n) is 9.17. The van der Waals surface area contributed by atoms with E-state index in [-0.39, 0.29) is 43.6 Å².